The Balaban J connectivity index is 2.56. The van der Waals surface area contributed by atoms with Gasteiger partial charge in [-0.3, -0.25) is 0 Å². The number of nitrogens with one attached hydrogen (secondary N) is 1. The second kappa shape index (κ2) is 4.39. The number of rotatable bonds is 3. The van der Waals surface area contributed by atoms with E-state index in [0.717, 1.165) is 5.69 Å². The maximum atomic E-state index is 11.1. The molecule has 0 unspecified atom stereocenters. The lowest BCUT2D eigenvalue weighted by atomic mass is 10.1. The largest absolute Gasteiger partial charge is 0.478 e. The fourth-order valence-electron chi connectivity index (χ4n) is 1.65. The standard InChI is InChI=1S/C12H12N2O3/c1-7-10(6-15)14-11(13-7)8-4-2-3-5-9(8)12(16)17/h2-5,15H,6H2,1H3,(H,13,14)(H,16,17). The van der Waals surface area contributed by atoms with E-state index in [1.54, 1.807) is 25.1 Å². The lowest BCUT2D eigenvalue weighted by molar-refractivity contribution is 0.0697. The van der Waals surface area contributed by atoms with Gasteiger partial charge in [0.1, 0.15) is 5.82 Å². The molecular weight excluding hydrogens is 220 g/mol. The predicted molar refractivity (Wildman–Crippen MR) is 61.6 cm³/mol. The summed E-state index contributed by atoms with van der Waals surface area (Å²) in [7, 11) is 0. The number of imidazole rings is 1. The number of carboxylic acids is 1. The lowest BCUT2D eigenvalue weighted by Crippen LogP contribution is -1.99. The van der Waals surface area contributed by atoms with Crippen molar-refractivity contribution >= 4 is 5.97 Å². The van der Waals surface area contributed by atoms with Gasteiger partial charge in [0.15, 0.2) is 0 Å². The maximum absolute atomic E-state index is 11.1. The molecule has 1 aromatic carbocycles. The number of aliphatic hydroxyl groups excluding tert-OH is 1. The van der Waals surface area contributed by atoms with E-state index in [-0.39, 0.29) is 12.2 Å². The van der Waals surface area contributed by atoms with Crippen molar-refractivity contribution < 1.29 is 15.0 Å². The first-order valence-electron chi connectivity index (χ1n) is 5.12. The summed E-state index contributed by atoms with van der Waals surface area (Å²) in [6.45, 7) is 1.61. The van der Waals surface area contributed by atoms with Gasteiger partial charge in [-0.2, -0.15) is 0 Å². The number of carboxylic acid groups (broad SMARTS) is 1. The second-order valence-electron chi connectivity index (χ2n) is 3.67. The molecule has 0 aliphatic carbocycles. The minimum Gasteiger partial charge on any atom is -0.478 e. The van der Waals surface area contributed by atoms with E-state index in [1.807, 2.05) is 0 Å². The zero-order valence-electron chi connectivity index (χ0n) is 9.27. The zero-order valence-corrected chi connectivity index (χ0v) is 9.27. The fraction of sp³-hybridized carbons (Fsp3) is 0.167. The minimum atomic E-state index is -1.000. The van der Waals surface area contributed by atoms with Gasteiger partial charge >= 0.3 is 5.97 Å². The third-order valence-corrected chi connectivity index (χ3v) is 2.55. The third-order valence-electron chi connectivity index (χ3n) is 2.55. The summed E-state index contributed by atoms with van der Waals surface area (Å²) < 4.78 is 0. The van der Waals surface area contributed by atoms with Crippen LogP contribution in [0.25, 0.3) is 11.4 Å². The van der Waals surface area contributed by atoms with Crippen LogP contribution < -0.4 is 0 Å². The molecule has 1 aromatic heterocycles. The first-order chi connectivity index (χ1) is 8.13. The van der Waals surface area contributed by atoms with Crippen LogP contribution in [0.1, 0.15) is 21.7 Å². The highest BCUT2D eigenvalue weighted by molar-refractivity contribution is 5.94. The van der Waals surface area contributed by atoms with Gasteiger partial charge in [0.05, 0.1) is 17.9 Å². The Labute approximate surface area is 97.8 Å². The van der Waals surface area contributed by atoms with Crippen LogP contribution in [0.5, 0.6) is 0 Å². The Hall–Kier alpha value is -2.14. The topological polar surface area (TPSA) is 86.2 Å². The highest BCUT2D eigenvalue weighted by Gasteiger charge is 2.14. The molecule has 1 heterocycles. The minimum absolute atomic E-state index is 0.169. The summed E-state index contributed by atoms with van der Waals surface area (Å²) in [5.74, 6) is -0.537. The van der Waals surface area contributed by atoms with Crippen molar-refractivity contribution in [1.82, 2.24) is 9.97 Å². The molecule has 2 rings (SSSR count). The van der Waals surface area contributed by atoms with E-state index in [9.17, 15) is 4.79 Å². The van der Waals surface area contributed by atoms with E-state index in [1.165, 1.54) is 6.07 Å². The number of hydrogen-bond acceptors (Lipinski definition) is 3. The number of aliphatic hydroxyl groups is 1. The molecule has 0 saturated heterocycles. The Morgan fingerprint density at radius 2 is 2.12 bits per heavy atom. The molecular formula is C12H12N2O3. The first-order valence-corrected chi connectivity index (χ1v) is 5.12. The van der Waals surface area contributed by atoms with Gasteiger partial charge in [-0.1, -0.05) is 18.2 Å². The molecule has 0 aliphatic rings. The Morgan fingerprint density at radius 3 is 2.71 bits per heavy atom. The number of aryl methyl sites for hydroxylation is 1. The van der Waals surface area contributed by atoms with Crippen LogP contribution in [0.15, 0.2) is 24.3 Å². The SMILES string of the molecule is Cc1[nH]c(-c2ccccc2C(=O)O)nc1CO. The van der Waals surface area contributed by atoms with Gasteiger partial charge in [0.2, 0.25) is 0 Å². The van der Waals surface area contributed by atoms with Crippen LogP contribution >= 0.6 is 0 Å². The molecule has 5 heteroatoms. The number of aromatic nitrogens is 2. The van der Waals surface area contributed by atoms with E-state index in [4.69, 9.17) is 10.2 Å². The Kier molecular flexibility index (Phi) is 2.93. The van der Waals surface area contributed by atoms with Gasteiger partial charge in [-0.15, -0.1) is 0 Å². The molecule has 0 amide bonds. The third kappa shape index (κ3) is 2.05. The van der Waals surface area contributed by atoms with Gasteiger partial charge in [-0.05, 0) is 13.0 Å². The van der Waals surface area contributed by atoms with Crippen LogP contribution in [0.4, 0.5) is 0 Å². The van der Waals surface area contributed by atoms with Gasteiger partial charge in [0.25, 0.3) is 0 Å². The molecule has 0 radical (unpaired) electrons. The van der Waals surface area contributed by atoms with E-state index < -0.39 is 5.97 Å². The highest BCUT2D eigenvalue weighted by atomic mass is 16.4. The van der Waals surface area contributed by atoms with Crippen molar-refractivity contribution in [1.29, 1.82) is 0 Å². The van der Waals surface area contributed by atoms with Crippen LogP contribution in [0, 0.1) is 6.92 Å². The number of nitrogens with zero attached hydrogens (tertiary/aromatic N) is 1. The number of hydrogen-bond donors (Lipinski definition) is 3. The number of benzene rings is 1. The van der Waals surface area contributed by atoms with E-state index in [0.29, 0.717) is 17.1 Å². The van der Waals surface area contributed by atoms with Crippen LogP contribution in [-0.4, -0.2) is 26.2 Å². The number of carbonyl (C=O) groups is 1. The summed E-state index contributed by atoms with van der Waals surface area (Å²) >= 11 is 0. The summed E-state index contributed by atoms with van der Waals surface area (Å²) in [5.41, 5.74) is 1.97. The predicted octanol–water partition coefficient (Wildman–Crippen LogP) is 1.58. The molecule has 0 fully saturated rings. The fourth-order valence-corrected chi connectivity index (χ4v) is 1.65. The van der Waals surface area contributed by atoms with Crippen molar-refractivity contribution in [3.63, 3.8) is 0 Å². The van der Waals surface area contributed by atoms with Gasteiger partial charge in [0, 0.05) is 11.3 Å². The molecule has 0 aliphatic heterocycles. The van der Waals surface area contributed by atoms with Crippen molar-refractivity contribution in [2.45, 2.75) is 13.5 Å². The summed E-state index contributed by atoms with van der Waals surface area (Å²) in [6.07, 6.45) is 0. The molecule has 0 atom stereocenters. The summed E-state index contributed by atoms with van der Waals surface area (Å²) in [6, 6.07) is 6.62. The summed E-state index contributed by atoms with van der Waals surface area (Å²) in [4.78, 5) is 18.2. The molecule has 2 aromatic rings. The molecule has 0 spiro atoms. The average Bonchev–Trinajstić information content (AvgIpc) is 2.70. The van der Waals surface area contributed by atoms with E-state index in [2.05, 4.69) is 9.97 Å². The monoisotopic (exact) mass is 232 g/mol. The normalized spacial score (nSPS) is 10.5. The molecule has 5 nitrogen and oxygen atoms in total. The van der Waals surface area contributed by atoms with Crippen molar-refractivity contribution in [3.8, 4) is 11.4 Å². The lowest BCUT2D eigenvalue weighted by Gasteiger charge is -2.01. The van der Waals surface area contributed by atoms with E-state index >= 15 is 0 Å². The molecule has 88 valence electrons. The number of H-pyrrole nitrogens is 1. The highest BCUT2D eigenvalue weighted by Crippen LogP contribution is 2.22. The van der Waals surface area contributed by atoms with Crippen LogP contribution in [-0.2, 0) is 6.61 Å². The Bertz CT molecular complexity index is 561. The molecule has 0 bridgehead atoms. The van der Waals surface area contributed by atoms with Gasteiger partial charge < -0.3 is 15.2 Å². The zero-order chi connectivity index (χ0) is 12.4. The molecule has 17 heavy (non-hydrogen) atoms. The molecule has 0 saturated carbocycles. The van der Waals surface area contributed by atoms with Crippen LogP contribution in [0.2, 0.25) is 0 Å². The molecule has 3 N–H and O–H groups in total. The summed E-state index contributed by atoms with van der Waals surface area (Å²) in [5, 5.41) is 18.1. The maximum Gasteiger partial charge on any atom is 0.336 e. The average molecular weight is 232 g/mol. The van der Waals surface area contributed by atoms with Crippen molar-refractivity contribution in [2.75, 3.05) is 0 Å². The number of aromatic amines is 1. The first kappa shape index (κ1) is 11.3. The quantitative estimate of drug-likeness (QED) is 0.749. The van der Waals surface area contributed by atoms with Crippen molar-refractivity contribution in [2.24, 2.45) is 0 Å². The van der Waals surface area contributed by atoms with Crippen LogP contribution in [0.3, 0.4) is 0 Å². The Morgan fingerprint density at radius 1 is 1.41 bits per heavy atom. The van der Waals surface area contributed by atoms with Crippen molar-refractivity contribution in [3.05, 3.63) is 41.2 Å². The number of aromatic carboxylic acids is 1. The van der Waals surface area contributed by atoms with Gasteiger partial charge in [-0.25, -0.2) is 9.78 Å². The smallest absolute Gasteiger partial charge is 0.336 e. The second-order valence-corrected chi connectivity index (χ2v) is 3.67.